The minimum absolute atomic E-state index is 0.0757. The summed E-state index contributed by atoms with van der Waals surface area (Å²) in [6.07, 6.45) is 2.94. The zero-order valence-corrected chi connectivity index (χ0v) is 11.2. The Bertz CT molecular complexity index is 345. The van der Waals surface area contributed by atoms with Gasteiger partial charge in [-0.05, 0) is 31.6 Å². The van der Waals surface area contributed by atoms with Gasteiger partial charge < -0.3 is 19.9 Å². The quantitative estimate of drug-likeness (QED) is 0.783. The summed E-state index contributed by atoms with van der Waals surface area (Å²) in [5.41, 5.74) is -0.257. The number of carbonyl (C=O) groups is 2. The Labute approximate surface area is 112 Å². The molecule has 0 aromatic heterocycles. The molecule has 2 saturated heterocycles. The van der Waals surface area contributed by atoms with Crippen LogP contribution < -0.4 is 5.32 Å². The maximum atomic E-state index is 11.3. The maximum Gasteiger partial charge on any atom is 0.326 e. The lowest BCUT2D eigenvalue weighted by Gasteiger charge is -2.44. The highest BCUT2D eigenvalue weighted by Gasteiger charge is 2.43. The van der Waals surface area contributed by atoms with Crippen LogP contribution in [0.25, 0.3) is 0 Å². The topological polar surface area (TPSA) is 84.9 Å². The van der Waals surface area contributed by atoms with Crippen molar-refractivity contribution < 1.29 is 24.2 Å². The van der Waals surface area contributed by atoms with Gasteiger partial charge in [0.1, 0.15) is 6.04 Å². The molecule has 2 heterocycles. The van der Waals surface area contributed by atoms with Gasteiger partial charge >= 0.3 is 5.97 Å². The molecule has 2 fully saturated rings. The number of aliphatic carboxylic acids is 1. The Morgan fingerprint density at radius 1 is 1.32 bits per heavy atom. The summed E-state index contributed by atoms with van der Waals surface area (Å²) in [6, 6.07) is -0.818. The fourth-order valence-electron chi connectivity index (χ4n) is 3.04. The molecule has 6 nitrogen and oxygen atoms in total. The number of rotatable bonds is 3. The van der Waals surface area contributed by atoms with Crippen LogP contribution >= 0.6 is 0 Å². The van der Waals surface area contributed by atoms with Gasteiger partial charge in [0.2, 0.25) is 5.91 Å². The number of amides is 1. The van der Waals surface area contributed by atoms with E-state index in [1.165, 1.54) is 6.92 Å². The molecule has 2 N–H and O–H groups in total. The standard InChI is InChI=1S/C13H21NO5/c1-9(15)14-11(12(16)17)10-2-5-19-13(8-10)3-6-18-7-4-13/h10-11H,2-8H2,1H3,(H,14,15)(H,16,17). The van der Waals surface area contributed by atoms with Gasteiger partial charge in [-0.25, -0.2) is 4.79 Å². The van der Waals surface area contributed by atoms with E-state index in [0.717, 1.165) is 12.8 Å². The SMILES string of the molecule is CC(=O)NC(C(=O)O)C1CCOC2(CCOCC2)C1. The van der Waals surface area contributed by atoms with E-state index in [1.807, 2.05) is 0 Å². The molecule has 2 rings (SSSR count). The van der Waals surface area contributed by atoms with Gasteiger partial charge in [-0.3, -0.25) is 4.79 Å². The van der Waals surface area contributed by atoms with Gasteiger partial charge in [-0.2, -0.15) is 0 Å². The van der Waals surface area contributed by atoms with E-state index in [1.54, 1.807) is 0 Å². The van der Waals surface area contributed by atoms with Gasteiger partial charge in [0.15, 0.2) is 0 Å². The van der Waals surface area contributed by atoms with E-state index in [9.17, 15) is 14.7 Å². The minimum atomic E-state index is -0.968. The van der Waals surface area contributed by atoms with Crippen LogP contribution in [-0.2, 0) is 19.1 Å². The highest BCUT2D eigenvalue weighted by Crippen LogP contribution is 2.38. The smallest absolute Gasteiger partial charge is 0.326 e. The number of hydrogen-bond acceptors (Lipinski definition) is 4. The number of hydrogen-bond donors (Lipinski definition) is 2. The molecule has 0 radical (unpaired) electrons. The number of ether oxygens (including phenoxy) is 2. The third-order valence-electron chi connectivity index (χ3n) is 4.03. The monoisotopic (exact) mass is 271 g/mol. The van der Waals surface area contributed by atoms with Crippen molar-refractivity contribution in [1.82, 2.24) is 5.32 Å². The normalized spacial score (nSPS) is 27.7. The second kappa shape index (κ2) is 5.88. The van der Waals surface area contributed by atoms with E-state index in [-0.39, 0.29) is 17.4 Å². The van der Waals surface area contributed by atoms with E-state index in [2.05, 4.69) is 5.32 Å². The molecule has 6 heteroatoms. The molecule has 19 heavy (non-hydrogen) atoms. The van der Waals surface area contributed by atoms with Crippen molar-refractivity contribution in [3.8, 4) is 0 Å². The van der Waals surface area contributed by atoms with Gasteiger partial charge in [-0.1, -0.05) is 0 Å². The lowest BCUT2D eigenvalue weighted by atomic mass is 9.77. The van der Waals surface area contributed by atoms with Crippen LogP contribution in [0.4, 0.5) is 0 Å². The van der Waals surface area contributed by atoms with Crippen LogP contribution in [0.1, 0.15) is 32.6 Å². The average Bonchev–Trinajstić information content (AvgIpc) is 2.36. The molecule has 2 aliphatic rings. The molecule has 0 aromatic rings. The van der Waals surface area contributed by atoms with Crippen LogP contribution in [0, 0.1) is 5.92 Å². The van der Waals surface area contributed by atoms with Crippen molar-refractivity contribution in [2.45, 2.75) is 44.2 Å². The summed E-state index contributed by atoms with van der Waals surface area (Å²) >= 11 is 0. The highest BCUT2D eigenvalue weighted by molar-refractivity contribution is 5.82. The summed E-state index contributed by atoms with van der Waals surface area (Å²) in [5.74, 6) is -1.35. The van der Waals surface area contributed by atoms with Gasteiger partial charge in [0, 0.05) is 26.7 Å². The first-order chi connectivity index (χ1) is 9.02. The van der Waals surface area contributed by atoms with Gasteiger partial charge in [0.05, 0.1) is 5.60 Å². The van der Waals surface area contributed by atoms with Crippen molar-refractivity contribution in [3.05, 3.63) is 0 Å². The lowest BCUT2D eigenvalue weighted by molar-refractivity contribution is -0.160. The number of carbonyl (C=O) groups excluding carboxylic acids is 1. The van der Waals surface area contributed by atoms with Crippen molar-refractivity contribution >= 4 is 11.9 Å². The maximum absolute atomic E-state index is 11.3. The molecule has 1 amide bonds. The van der Waals surface area contributed by atoms with E-state index < -0.39 is 12.0 Å². The molecule has 2 unspecified atom stereocenters. The third kappa shape index (κ3) is 3.45. The molecule has 108 valence electrons. The Balaban J connectivity index is 2.05. The van der Waals surface area contributed by atoms with Gasteiger partial charge in [-0.15, -0.1) is 0 Å². The van der Waals surface area contributed by atoms with Crippen LogP contribution in [0.5, 0.6) is 0 Å². The fourth-order valence-corrected chi connectivity index (χ4v) is 3.04. The molecule has 0 saturated carbocycles. The Hall–Kier alpha value is -1.14. The van der Waals surface area contributed by atoms with Crippen molar-refractivity contribution in [1.29, 1.82) is 0 Å². The Morgan fingerprint density at radius 2 is 2.00 bits per heavy atom. The zero-order chi connectivity index (χ0) is 13.9. The second-order valence-electron chi connectivity index (χ2n) is 5.41. The molecule has 0 aromatic carbocycles. The number of carboxylic acid groups (broad SMARTS) is 1. The fraction of sp³-hybridized carbons (Fsp3) is 0.846. The van der Waals surface area contributed by atoms with Crippen LogP contribution in [0.3, 0.4) is 0 Å². The highest BCUT2D eigenvalue weighted by atomic mass is 16.5. The summed E-state index contributed by atoms with van der Waals surface area (Å²) < 4.78 is 11.2. The van der Waals surface area contributed by atoms with Crippen LogP contribution in [0.2, 0.25) is 0 Å². The molecular weight excluding hydrogens is 250 g/mol. The molecule has 2 atom stereocenters. The van der Waals surface area contributed by atoms with E-state index in [0.29, 0.717) is 32.7 Å². The van der Waals surface area contributed by atoms with Crippen molar-refractivity contribution in [2.24, 2.45) is 5.92 Å². The predicted molar refractivity (Wildman–Crippen MR) is 66.7 cm³/mol. The predicted octanol–water partition coefficient (Wildman–Crippen LogP) is 0.551. The molecule has 0 bridgehead atoms. The Kier molecular flexibility index (Phi) is 4.42. The summed E-state index contributed by atoms with van der Waals surface area (Å²) in [6.45, 7) is 3.21. The number of carboxylic acids is 1. The largest absolute Gasteiger partial charge is 0.480 e. The first kappa shape index (κ1) is 14.3. The van der Waals surface area contributed by atoms with Crippen molar-refractivity contribution in [3.63, 3.8) is 0 Å². The van der Waals surface area contributed by atoms with E-state index >= 15 is 0 Å². The minimum Gasteiger partial charge on any atom is -0.480 e. The second-order valence-corrected chi connectivity index (χ2v) is 5.41. The third-order valence-corrected chi connectivity index (χ3v) is 4.03. The molecule has 0 aliphatic carbocycles. The zero-order valence-electron chi connectivity index (χ0n) is 11.2. The first-order valence-electron chi connectivity index (χ1n) is 6.74. The van der Waals surface area contributed by atoms with Crippen molar-refractivity contribution in [2.75, 3.05) is 19.8 Å². The average molecular weight is 271 g/mol. The summed E-state index contributed by atoms with van der Waals surface area (Å²) in [5, 5.41) is 11.8. The molecule has 1 spiro atoms. The first-order valence-corrected chi connectivity index (χ1v) is 6.74. The Morgan fingerprint density at radius 3 is 2.58 bits per heavy atom. The van der Waals surface area contributed by atoms with E-state index in [4.69, 9.17) is 9.47 Å². The summed E-state index contributed by atoms with van der Waals surface area (Å²) in [4.78, 5) is 22.5. The molecule has 2 aliphatic heterocycles. The van der Waals surface area contributed by atoms with Gasteiger partial charge in [0.25, 0.3) is 0 Å². The lowest BCUT2D eigenvalue weighted by Crippen LogP contribution is -2.52. The number of nitrogens with one attached hydrogen (secondary N) is 1. The van der Waals surface area contributed by atoms with Crippen LogP contribution in [-0.4, -0.2) is 48.4 Å². The molecular formula is C13H21NO5. The van der Waals surface area contributed by atoms with Crippen LogP contribution in [0.15, 0.2) is 0 Å². The summed E-state index contributed by atoms with van der Waals surface area (Å²) in [7, 11) is 0.